The van der Waals surface area contributed by atoms with Gasteiger partial charge in [-0.3, -0.25) is 24.0 Å². The number of hydrogen-bond donors (Lipinski definition) is 1. The van der Waals surface area contributed by atoms with E-state index in [1.165, 1.54) is 4.68 Å². The summed E-state index contributed by atoms with van der Waals surface area (Å²) in [5.74, 6) is 0. The average Bonchev–Trinajstić information content (AvgIpc) is 3.20. The van der Waals surface area contributed by atoms with Crippen molar-refractivity contribution in [3.05, 3.63) is 73.5 Å². The molecule has 1 N–H and O–H groups in total. The molecule has 0 saturated carbocycles. The van der Waals surface area contributed by atoms with Crippen molar-refractivity contribution in [2.45, 2.75) is 20.8 Å². The van der Waals surface area contributed by atoms with Crippen LogP contribution < -0.4 is 16.1 Å². The van der Waals surface area contributed by atoms with Gasteiger partial charge in [-0.05, 0) is 51.1 Å². The van der Waals surface area contributed by atoms with Crippen LogP contribution in [0, 0.1) is 6.92 Å². The molecule has 0 aliphatic carbocycles. The number of fused-ring (bicyclic) bond motifs is 1. The molecule has 0 bridgehead atoms. The lowest BCUT2D eigenvalue weighted by Crippen LogP contribution is -2.22. The smallest absolute Gasteiger partial charge is 0.328 e. The molecule has 33 heavy (non-hydrogen) atoms. The highest BCUT2D eigenvalue weighted by Gasteiger charge is 2.16. The summed E-state index contributed by atoms with van der Waals surface area (Å²) >= 11 is 6.10. The second-order valence-corrected chi connectivity index (χ2v) is 8.37. The molecule has 4 rings (SSSR count). The summed E-state index contributed by atoms with van der Waals surface area (Å²) < 4.78 is 4.70. The van der Waals surface area contributed by atoms with Gasteiger partial charge in [0, 0.05) is 44.1 Å². The van der Waals surface area contributed by atoms with Crippen LogP contribution in [0.25, 0.3) is 16.7 Å². The van der Waals surface area contributed by atoms with Crippen LogP contribution in [0.3, 0.4) is 0 Å². The third kappa shape index (κ3) is 3.91. The van der Waals surface area contributed by atoms with Crippen LogP contribution in [0.4, 0.5) is 11.4 Å². The monoisotopic (exact) mass is 466 g/mol. The van der Waals surface area contributed by atoms with Gasteiger partial charge < -0.3 is 4.90 Å². The maximum absolute atomic E-state index is 13.1. The van der Waals surface area contributed by atoms with E-state index in [0.29, 0.717) is 27.7 Å². The molecule has 2 aromatic heterocycles. The summed E-state index contributed by atoms with van der Waals surface area (Å²) in [6, 6.07) is 11.0. The van der Waals surface area contributed by atoms with Crippen molar-refractivity contribution >= 4 is 40.2 Å². The third-order valence-corrected chi connectivity index (χ3v) is 6.22. The minimum Gasteiger partial charge on any atom is -0.370 e. The van der Waals surface area contributed by atoms with E-state index < -0.39 is 0 Å². The summed E-state index contributed by atoms with van der Waals surface area (Å²) in [5.41, 5.74) is 4.73. The Morgan fingerprint density at radius 2 is 1.73 bits per heavy atom. The highest BCUT2D eigenvalue weighted by Crippen LogP contribution is 2.33. The lowest BCUT2D eigenvalue weighted by atomic mass is 10.2. The Hall–Kier alpha value is -3.52. The predicted octanol–water partition coefficient (Wildman–Crippen LogP) is 3.91. The number of H-pyrrole nitrogens is 1. The first-order chi connectivity index (χ1) is 15.8. The number of benzene rings is 2. The van der Waals surface area contributed by atoms with E-state index in [-0.39, 0.29) is 11.2 Å². The van der Waals surface area contributed by atoms with Crippen LogP contribution in [-0.4, -0.2) is 38.2 Å². The van der Waals surface area contributed by atoms with Gasteiger partial charge >= 0.3 is 5.69 Å². The molecule has 0 saturated heterocycles. The van der Waals surface area contributed by atoms with Crippen molar-refractivity contribution in [1.82, 2.24) is 18.9 Å². The van der Waals surface area contributed by atoms with E-state index >= 15 is 0 Å². The summed E-state index contributed by atoms with van der Waals surface area (Å²) in [6.45, 7) is 7.56. The molecule has 0 atom stereocenters. The second-order valence-electron chi connectivity index (χ2n) is 7.93. The number of halogens is 1. The van der Waals surface area contributed by atoms with Crippen LogP contribution in [-0.2, 0) is 14.1 Å². The zero-order chi connectivity index (χ0) is 23.9. The van der Waals surface area contributed by atoms with Gasteiger partial charge in [0.2, 0.25) is 0 Å². The molecule has 0 unspecified atom stereocenters. The number of aromatic amines is 1. The van der Waals surface area contributed by atoms with Crippen molar-refractivity contribution < 1.29 is 0 Å². The van der Waals surface area contributed by atoms with Crippen LogP contribution in [0.2, 0.25) is 5.02 Å². The summed E-state index contributed by atoms with van der Waals surface area (Å²) in [7, 11) is 3.51. The van der Waals surface area contributed by atoms with Crippen molar-refractivity contribution in [2.75, 3.05) is 18.0 Å². The van der Waals surface area contributed by atoms with E-state index in [4.69, 9.17) is 16.6 Å². The van der Waals surface area contributed by atoms with Gasteiger partial charge in [0.25, 0.3) is 5.56 Å². The molecule has 0 aliphatic heterocycles. The molecule has 0 spiro atoms. The quantitative estimate of drug-likeness (QED) is 0.437. The standard InChI is InChI=1S/C24H27ClN6O2/c1-6-30(7-2)20-13-22-21(28(4)24(33)29(22)5)12-19(20)26-14-18-15(3)27-31(23(18)32)17-10-8-9-16(25)11-17/h8-14,27H,6-7H2,1-5H3. The number of rotatable bonds is 6. The first kappa shape index (κ1) is 22.7. The minimum absolute atomic E-state index is 0.0949. The van der Waals surface area contributed by atoms with E-state index in [9.17, 15) is 9.59 Å². The molecular weight excluding hydrogens is 440 g/mol. The minimum atomic E-state index is -0.212. The molecule has 0 aliphatic rings. The molecule has 9 heteroatoms. The molecule has 0 fully saturated rings. The van der Waals surface area contributed by atoms with Gasteiger partial charge in [-0.25, -0.2) is 9.48 Å². The Morgan fingerprint density at radius 3 is 2.36 bits per heavy atom. The van der Waals surface area contributed by atoms with Gasteiger partial charge in [0.15, 0.2) is 0 Å². The lowest BCUT2D eigenvalue weighted by Gasteiger charge is -2.23. The Morgan fingerprint density at radius 1 is 1.06 bits per heavy atom. The Kier molecular flexibility index (Phi) is 6.03. The van der Waals surface area contributed by atoms with Gasteiger partial charge in [0.05, 0.1) is 33.7 Å². The largest absolute Gasteiger partial charge is 0.370 e. The maximum atomic E-state index is 13.1. The first-order valence-electron chi connectivity index (χ1n) is 10.8. The molecule has 172 valence electrons. The Bertz CT molecular complexity index is 1480. The van der Waals surface area contributed by atoms with Gasteiger partial charge in [0.1, 0.15) is 0 Å². The maximum Gasteiger partial charge on any atom is 0.328 e. The summed E-state index contributed by atoms with van der Waals surface area (Å²) in [5, 5.41) is 3.65. The molecule has 2 aromatic carbocycles. The number of anilines is 1. The number of nitrogens with zero attached hydrogens (tertiary/aromatic N) is 5. The van der Waals surface area contributed by atoms with Gasteiger partial charge in [-0.15, -0.1) is 0 Å². The van der Waals surface area contributed by atoms with Crippen molar-refractivity contribution in [3.63, 3.8) is 0 Å². The zero-order valence-corrected chi connectivity index (χ0v) is 20.1. The fourth-order valence-corrected chi connectivity index (χ4v) is 4.27. The summed E-state index contributed by atoms with van der Waals surface area (Å²) in [6.07, 6.45) is 1.59. The number of aryl methyl sites for hydroxylation is 3. The van der Waals surface area contributed by atoms with E-state index in [1.54, 1.807) is 47.6 Å². The predicted molar refractivity (Wildman–Crippen MR) is 135 cm³/mol. The fraction of sp³-hybridized carbons (Fsp3) is 0.292. The van der Waals surface area contributed by atoms with Crippen LogP contribution in [0.1, 0.15) is 25.1 Å². The van der Waals surface area contributed by atoms with E-state index in [2.05, 4.69) is 23.8 Å². The highest BCUT2D eigenvalue weighted by atomic mass is 35.5. The van der Waals surface area contributed by atoms with Crippen LogP contribution >= 0.6 is 11.6 Å². The van der Waals surface area contributed by atoms with Gasteiger partial charge in [-0.1, -0.05) is 17.7 Å². The van der Waals surface area contributed by atoms with E-state index in [0.717, 1.165) is 29.8 Å². The molecule has 0 amide bonds. The van der Waals surface area contributed by atoms with Gasteiger partial charge in [-0.2, -0.15) is 0 Å². The molecule has 0 radical (unpaired) electrons. The number of imidazole rings is 1. The average molecular weight is 467 g/mol. The van der Waals surface area contributed by atoms with Crippen molar-refractivity contribution in [1.29, 1.82) is 0 Å². The first-order valence-corrected chi connectivity index (χ1v) is 11.2. The molecule has 2 heterocycles. The van der Waals surface area contributed by atoms with E-state index in [1.807, 2.05) is 25.1 Å². The molecular formula is C24H27ClN6O2. The normalized spacial score (nSPS) is 11.7. The highest BCUT2D eigenvalue weighted by molar-refractivity contribution is 6.30. The topological polar surface area (TPSA) is 80.3 Å². The third-order valence-electron chi connectivity index (χ3n) is 5.99. The fourth-order valence-electron chi connectivity index (χ4n) is 4.09. The number of nitrogens with one attached hydrogen (secondary N) is 1. The number of aliphatic imine (C=N–C) groups is 1. The Labute approximate surface area is 196 Å². The second kappa shape index (κ2) is 8.78. The number of aromatic nitrogens is 4. The summed E-state index contributed by atoms with van der Waals surface area (Å²) in [4.78, 5) is 32.5. The Balaban J connectivity index is 1.86. The zero-order valence-electron chi connectivity index (χ0n) is 19.4. The molecule has 8 nitrogen and oxygen atoms in total. The SMILES string of the molecule is CCN(CC)c1cc2c(cc1N=Cc1c(C)[nH]n(-c3cccc(Cl)c3)c1=O)n(C)c(=O)n2C. The van der Waals surface area contributed by atoms with Crippen molar-refractivity contribution in [3.8, 4) is 5.69 Å². The van der Waals surface area contributed by atoms with Crippen LogP contribution in [0.15, 0.2) is 51.0 Å². The number of hydrogen-bond acceptors (Lipinski definition) is 4. The molecule has 4 aromatic rings. The lowest BCUT2D eigenvalue weighted by molar-refractivity contribution is 0.795. The van der Waals surface area contributed by atoms with Crippen LogP contribution in [0.5, 0.6) is 0 Å². The van der Waals surface area contributed by atoms with Crippen molar-refractivity contribution in [2.24, 2.45) is 19.1 Å².